The van der Waals surface area contributed by atoms with E-state index in [2.05, 4.69) is 15.0 Å². The molecule has 0 aromatic carbocycles. The molecule has 3 rings (SSSR count). The lowest BCUT2D eigenvalue weighted by molar-refractivity contribution is 0.0702. The number of aliphatic hydroxyl groups is 2. The molecule has 2 heterocycles. The Morgan fingerprint density at radius 1 is 1.50 bits per heavy atom. The van der Waals surface area contributed by atoms with Crippen molar-refractivity contribution in [3.8, 4) is 0 Å². The van der Waals surface area contributed by atoms with Crippen LogP contribution < -0.4 is 11.3 Å². The Morgan fingerprint density at radius 3 is 3.00 bits per heavy atom. The summed E-state index contributed by atoms with van der Waals surface area (Å²) in [7, 11) is 0. The number of aromatic amines is 1. The lowest BCUT2D eigenvalue weighted by Gasteiger charge is -2.27. The summed E-state index contributed by atoms with van der Waals surface area (Å²) >= 11 is 0. The van der Waals surface area contributed by atoms with E-state index in [1.807, 2.05) is 6.08 Å². The normalized spacial score (nSPS) is 26.2. The van der Waals surface area contributed by atoms with Crippen molar-refractivity contribution in [1.29, 1.82) is 0 Å². The summed E-state index contributed by atoms with van der Waals surface area (Å²) < 4.78 is 1.70. The number of imidazole rings is 1. The molecule has 0 radical (unpaired) electrons. The van der Waals surface area contributed by atoms with Crippen LogP contribution in [-0.4, -0.2) is 42.4 Å². The van der Waals surface area contributed by atoms with Crippen molar-refractivity contribution in [2.24, 2.45) is 5.92 Å². The van der Waals surface area contributed by atoms with Gasteiger partial charge in [-0.1, -0.05) is 12.2 Å². The Kier molecular flexibility index (Phi) is 3.03. The number of nitrogens with zero attached hydrogens (tertiary/aromatic N) is 3. The van der Waals surface area contributed by atoms with E-state index >= 15 is 0 Å². The maximum absolute atomic E-state index is 11.7. The highest BCUT2D eigenvalue weighted by atomic mass is 16.3. The molecule has 2 aromatic rings. The third-order valence-electron chi connectivity index (χ3n) is 3.58. The number of allylic oxidation sites excluding steroid dienone is 1. The van der Waals surface area contributed by atoms with E-state index in [1.54, 1.807) is 10.6 Å². The standard InChI is InChI=1S/C12H15N5O3/c13-12-15-10-9(11(20)16-12)14-5-17(10)7-2-1-6(4-18)8(19)3-7/h1-2,5-8,18-19H,3-4H2,(H3,13,15,16,20)/t6-,7-,8+/m0/s1. The third-order valence-corrected chi connectivity index (χ3v) is 3.58. The molecule has 0 unspecified atom stereocenters. The zero-order chi connectivity index (χ0) is 14.3. The van der Waals surface area contributed by atoms with Gasteiger partial charge >= 0.3 is 0 Å². The molecule has 3 atom stereocenters. The molecular weight excluding hydrogens is 262 g/mol. The van der Waals surface area contributed by atoms with Gasteiger partial charge in [0.1, 0.15) is 0 Å². The van der Waals surface area contributed by atoms with Gasteiger partial charge in [0.2, 0.25) is 5.95 Å². The fraction of sp³-hybridized carbons (Fsp3) is 0.417. The van der Waals surface area contributed by atoms with Crippen molar-refractivity contribution < 1.29 is 10.2 Å². The fourth-order valence-electron chi connectivity index (χ4n) is 2.47. The lowest BCUT2D eigenvalue weighted by Crippen LogP contribution is -2.29. The smallest absolute Gasteiger partial charge is 0.280 e. The van der Waals surface area contributed by atoms with Gasteiger partial charge in [0.15, 0.2) is 11.2 Å². The van der Waals surface area contributed by atoms with Crippen LogP contribution in [0.4, 0.5) is 5.95 Å². The zero-order valence-electron chi connectivity index (χ0n) is 10.6. The van der Waals surface area contributed by atoms with E-state index in [0.717, 1.165) is 0 Å². The molecule has 106 valence electrons. The fourth-order valence-corrected chi connectivity index (χ4v) is 2.47. The zero-order valence-corrected chi connectivity index (χ0v) is 10.6. The Morgan fingerprint density at radius 2 is 2.30 bits per heavy atom. The molecule has 1 aliphatic rings. The van der Waals surface area contributed by atoms with Gasteiger partial charge in [-0.2, -0.15) is 4.98 Å². The van der Waals surface area contributed by atoms with Gasteiger partial charge in [-0.15, -0.1) is 0 Å². The summed E-state index contributed by atoms with van der Waals surface area (Å²) in [5, 5.41) is 19.1. The summed E-state index contributed by atoms with van der Waals surface area (Å²) in [6.45, 7) is -0.0973. The van der Waals surface area contributed by atoms with E-state index in [0.29, 0.717) is 12.1 Å². The Bertz CT molecular complexity index is 719. The second kappa shape index (κ2) is 4.73. The first kappa shape index (κ1) is 12.8. The SMILES string of the molecule is Nc1nc2c(ncn2[C@H]2C=C[C@@H](CO)[C@H](O)C2)c(=O)[nH]1. The summed E-state index contributed by atoms with van der Waals surface area (Å²) in [6, 6.07) is -0.175. The maximum Gasteiger partial charge on any atom is 0.280 e. The Balaban J connectivity index is 2.06. The van der Waals surface area contributed by atoms with Gasteiger partial charge < -0.3 is 20.5 Å². The lowest BCUT2D eigenvalue weighted by atomic mass is 9.90. The second-order valence-corrected chi connectivity index (χ2v) is 4.88. The minimum atomic E-state index is -0.646. The highest BCUT2D eigenvalue weighted by Gasteiger charge is 2.26. The molecule has 0 bridgehead atoms. The van der Waals surface area contributed by atoms with Crippen molar-refractivity contribution in [3.05, 3.63) is 28.8 Å². The number of nitrogen functional groups attached to an aromatic ring is 1. The van der Waals surface area contributed by atoms with Crippen molar-refractivity contribution in [2.45, 2.75) is 18.6 Å². The average Bonchev–Trinajstić information content (AvgIpc) is 2.82. The Labute approximate surface area is 113 Å². The van der Waals surface area contributed by atoms with Crippen LogP contribution in [0, 0.1) is 5.92 Å². The molecule has 0 saturated carbocycles. The van der Waals surface area contributed by atoms with Crippen LogP contribution in [0.3, 0.4) is 0 Å². The molecule has 5 N–H and O–H groups in total. The van der Waals surface area contributed by atoms with Gasteiger partial charge in [0.05, 0.1) is 25.1 Å². The monoisotopic (exact) mass is 277 g/mol. The number of aromatic nitrogens is 4. The van der Waals surface area contributed by atoms with Crippen molar-refractivity contribution >= 4 is 17.1 Å². The molecule has 0 aliphatic heterocycles. The van der Waals surface area contributed by atoms with Crippen molar-refractivity contribution in [1.82, 2.24) is 19.5 Å². The van der Waals surface area contributed by atoms with Crippen LogP contribution in [0.25, 0.3) is 11.2 Å². The predicted octanol–water partition coefficient (Wildman–Crippen LogP) is -0.828. The number of anilines is 1. The number of fused-ring (bicyclic) bond motifs is 1. The van der Waals surface area contributed by atoms with Crippen LogP contribution in [-0.2, 0) is 0 Å². The van der Waals surface area contributed by atoms with Crippen LogP contribution in [0.5, 0.6) is 0 Å². The number of H-pyrrole nitrogens is 1. The quantitative estimate of drug-likeness (QED) is 0.530. The molecule has 0 amide bonds. The second-order valence-electron chi connectivity index (χ2n) is 4.88. The van der Waals surface area contributed by atoms with Gasteiger partial charge in [-0.05, 0) is 6.42 Å². The summed E-state index contributed by atoms with van der Waals surface area (Å²) in [4.78, 5) is 22.2. The largest absolute Gasteiger partial charge is 0.396 e. The number of nitrogens with one attached hydrogen (secondary N) is 1. The summed E-state index contributed by atoms with van der Waals surface area (Å²) in [5.74, 6) is -0.236. The first-order valence-electron chi connectivity index (χ1n) is 6.29. The van der Waals surface area contributed by atoms with Crippen LogP contribution in [0.1, 0.15) is 12.5 Å². The molecular formula is C12H15N5O3. The molecule has 20 heavy (non-hydrogen) atoms. The van der Waals surface area contributed by atoms with E-state index in [-0.39, 0.29) is 35.6 Å². The first-order valence-corrected chi connectivity index (χ1v) is 6.29. The first-order chi connectivity index (χ1) is 9.60. The molecule has 0 fully saturated rings. The van der Waals surface area contributed by atoms with Crippen LogP contribution in [0.2, 0.25) is 0 Å². The summed E-state index contributed by atoms with van der Waals surface area (Å²) in [6.07, 6.45) is 4.91. The molecule has 2 aromatic heterocycles. The van der Waals surface area contributed by atoms with Crippen molar-refractivity contribution in [2.75, 3.05) is 12.3 Å². The molecule has 8 nitrogen and oxygen atoms in total. The van der Waals surface area contributed by atoms with Crippen molar-refractivity contribution in [3.63, 3.8) is 0 Å². The van der Waals surface area contributed by atoms with E-state index in [9.17, 15) is 9.90 Å². The van der Waals surface area contributed by atoms with Gasteiger partial charge in [0.25, 0.3) is 5.56 Å². The highest BCUT2D eigenvalue weighted by Crippen LogP contribution is 2.28. The Hall–Kier alpha value is -2.19. The number of aliphatic hydroxyl groups excluding tert-OH is 2. The van der Waals surface area contributed by atoms with Crippen LogP contribution in [0.15, 0.2) is 23.3 Å². The summed E-state index contributed by atoms with van der Waals surface area (Å²) in [5.41, 5.74) is 5.75. The molecule has 1 aliphatic carbocycles. The van der Waals surface area contributed by atoms with Gasteiger partial charge in [-0.3, -0.25) is 9.78 Å². The average molecular weight is 277 g/mol. The van der Waals surface area contributed by atoms with Gasteiger partial charge in [0, 0.05) is 5.92 Å². The van der Waals surface area contributed by atoms with E-state index < -0.39 is 6.10 Å². The minimum Gasteiger partial charge on any atom is -0.396 e. The number of hydrogen-bond donors (Lipinski definition) is 4. The number of rotatable bonds is 2. The molecule has 0 spiro atoms. The number of hydrogen-bond acceptors (Lipinski definition) is 6. The molecule has 8 heteroatoms. The topological polar surface area (TPSA) is 130 Å². The van der Waals surface area contributed by atoms with Gasteiger partial charge in [-0.25, -0.2) is 4.98 Å². The third kappa shape index (κ3) is 1.98. The predicted molar refractivity (Wildman–Crippen MR) is 71.9 cm³/mol. The highest BCUT2D eigenvalue weighted by molar-refractivity contribution is 5.70. The maximum atomic E-state index is 11.7. The molecule has 0 saturated heterocycles. The minimum absolute atomic E-state index is 0.0258. The number of nitrogens with two attached hydrogens (primary N) is 1. The van der Waals surface area contributed by atoms with Crippen LogP contribution >= 0.6 is 0 Å². The van der Waals surface area contributed by atoms with E-state index in [1.165, 1.54) is 6.33 Å². The van der Waals surface area contributed by atoms with E-state index in [4.69, 9.17) is 10.8 Å².